The molecule has 6 heteroatoms. The minimum Gasteiger partial charge on any atom is -0.454 e. The maximum atomic E-state index is 11.0. The summed E-state index contributed by atoms with van der Waals surface area (Å²) in [6.07, 6.45) is 6.17. The third-order valence-electron chi connectivity index (χ3n) is 3.86. The predicted octanol–water partition coefficient (Wildman–Crippen LogP) is 3.04. The first kappa shape index (κ1) is 20.1. The highest BCUT2D eigenvalue weighted by atomic mass is 16.3. The van der Waals surface area contributed by atoms with E-state index in [2.05, 4.69) is 29.5 Å². The molecule has 0 aliphatic heterocycles. The van der Waals surface area contributed by atoms with Crippen molar-refractivity contribution in [1.29, 1.82) is 0 Å². The van der Waals surface area contributed by atoms with Crippen LogP contribution in [0.4, 0.5) is 0 Å². The molecular formula is C18H32N4O2. The Morgan fingerprint density at radius 1 is 1.21 bits per heavy atom. The van der Waals surface area contributed by atoms with Crippen molar-refractivity contribution in [2.45, 2.75) is 59.4 Å². The lowest BCUT2D eigenvalue weighted by molar-refractivity contribution is 0.0972. The van der Waals surface area contributed by atoms with Crippen LogP contribution in [0.2, 0.25) is 0 Å². The smallest absolute Gasteiger partial charge is 0.284 e. The van der Waals surface area contributed by atoms with Gasteiger partial charge in [0.25, 0.3) is 5.91 Å². The number of hydrogen-bond donors (Lipinski definition) is 3. The molecule has 1 rings (SSSR count). The molecule has 0 aromatic carbocycles. The molecule has 0 saturated carbocycles. The number of guanidine groups is 1. The second-order valence-electron chi connectivity index (χ2n) is 6.00. The Kier molecular flexibility index (Phi) is 9.65. The van der Waals surface area contributed by atoms with Gasteiger partial charge in [-0.25, -0.2) is 4.99 Å². The van der Waals surface area contributed by atoms with Gasteiger partial charge in [0.2, 0.25) is 0 Å². The summed E-state index contributed by atoms with van der Waals surface area (Å²) >= 11 is 0. The fraction of sp³-hybridized carbons (Fsp3) is 0.667. The highest BCUT2D eigenvalue weighted by Crippen LogP contribution is 2.14. The van der Waals surface area contributed by atoms with Crippen LogP contribution in [0.15, 0.2) is 21.5 Å². The van der Waals surface area contributed by atoms with Crippen molar-refractivity contribution in [3.05, 3.63) is 23.7 Å². The number of nitrogens with one attached hydrogen (secondary N) is 2. The summed E-state index contributed by atoms with van der Waals surface area (Å²) in [7, 11) is 0. The van der Waals surface area contributed by atoms with Gasteiger partial charge in [0.15, 0.2) is 11.7 Å². The Morgan fingerprint density at radius 2 is 2.00 bits per heavy atom. The zero-order valence-electron chi connectivity index (χ0n) is 15.2. The Balaban J connectivity index is 2.58. The van der Waals surface area contributed by atoms with E-state index in [0.717, 1.165) is 19.0 Å². The third kappa shape index (κ3) is 7.53. The fourth-order valence-electron chi connectivity index (χ4n) is 2.58. The molecule has 136 valence electrons. The van der Waals surface area contributed by atoms with Crippen LogP contribution in [-0.4, -0.2) is 25.0 Å². The molecule has 0 aliphatic carbocycles. The summed E-state index contributed by atoms with van der Waals surface area (Å²) in [6, 6.07) is 3.31. The van der Waals surface area contributed by atoms with Crippen LogP contribution >= 0.6 is 0 Å². The van der Waals surface area contributed by atoms with Crippen LogP contribution in [0.1, 0.15) is 69.2 Å². The van der Waals surface area contributed by atoms with E-state index in [9.17, 15) is 4.79 Å². The third-order valence-corrected chi connectivity index (χ3v) is 3.86. The zero-order chi connectivity index (χ0) is 17.8. The van der Waals surface area contributed by atoms with Crippen LogP contribution in [0, 0.1) is 5.92 Å². The number of unbranched alkanes of at least 4 members (excludes halogenated alkanes) is 1. The molecular weight excluding hydrogens is 304 g/mol. The van der Waals surface area contributed by atoms with Gasteiger partial charge >= 0.3 is 0 Å². The molecule has 1 amide bonds. The van der Waals surface area contributed by atoms with Gasteiger partial charge in [-0.2, -0.15) is 0 Å². The molecule has 0 saturated heterocycles. The van der Waals surface area contributed by atoms with E-state index in [4.69, 9.17) is 10.2 Å². The number of amides is 1. The number of hydrogen-bond acceptors (Lipinski definition) is 3. The molecule has 0 bridgehead atoms. The molecule has 0 fully saturated rings. The summed E-state index contributed by atoms with van der Waals surface area (Å²) < 4.78 is 5.35. The summed E-state index contributed by atoms with van der Waals surface area (Å²) in [4.78, 5) is 15.6. The van der Waals surface area contributed by atoms with Crippen LogP contribution in [0.5, 0.6) is 0 Å². The molecule has 0 aliphatic rings. The average Bonchev–Trinajstić information content (AvgIpc) is 3.04. The van der Waals surface area contributed by atoms with Crippen LogP contribution in [0.25, 0.3) is 0 Å². The van der Waals surface area contributed by atoms with Gasteiger partial charge in [0, 0.05) is 13.1 Å². The SMILES string of the molecule is CCCCC(CCC)CNC(=NCc1ccc(C(N)=O)o1)NCC. The normalized spacial score (nSPS) is 12.9. The zero-order valence-corrected chi connectivity index (χ0v) is 15.2. The highest BCUT2D eigenvalue weighted by molar-refractivity contribution is 5.89. The van der Waals surface area contributed by atoms with Gasteiger partial charge in [-0.3, -0.25) is 4.79 Å². The van der Waals surface area contributed by atoms with E-state index in [1.165, 1.54) is 32.1 Å². The number of furan rings is 1. The number of nitrogens with two attached hydrogens (primary N) is 1. The number of rotatable bonds is 11. The molecule has 1 unspecified atom stereocenters. The van der Waals surface area contributed by atoms with Crippen molar-refractivity contribution in [2.75, 3.05) is 13.1 Å². The first-order chi connectivity index (χ1) is 11.6. The van der Waals surface area contributed by atoms with Crippen LogP contribution in [-0.2, 0) is 6.54 Å². The van der Waals surface area contributed by atoms with Gasteiger partial charge in [-0.15, -0.1) is 0 Å². The Hall–Kier alpha value is -1.98. The quantitative estimate of drug-likeness (QED) is 0.428. The molecule has 1 heterocycles. The molecule has 1 aromatic heterocycles. The number of aliphatic imine (C=N–C) groups is 1. The number of carbonyl (C=O) groups is 1. The summed E-state index contributed by atoms with van der Waals surface area (Å²) in [6.45, 7) is 8.58. The summed E-state index contributed by atoms with van der Waals surface area (Å²) in [5.74, 6) is 1.67. The van der Waals surface area contributed by atoms with Gasteiger partial charge < -0.3 is 20.8 Å². The van der Waals surface area contributed by atoms with Crippen molar-refractivity contribution in [3.63, 3.8) is 0 Å². The van der Waals surface area contributed by atoms with E-state index in [1.807, 2.05) is 6.92 Å². The minimum atomic E-state index is -0.561. The predicted molar refractivity (Wildman–Crippen MR) is 98.0 cm³/mol. The van der Waals surface area contributed by atoms with E-state index >= 15 is 0 Å². The Bertz CT molecular complexity index is 511. The monoisotopic (exact) mass is 336 g/mol. The number of carbonyl (C=O) groups excluding carboxylic acids is 1. The van der Waals surface area contributed by atoms with Crippen LogP contribution in [0.3, 0.4) is 0 Å². The molecule has 4 N–H and O–H groups in total. The average molecular weight is 336 g/mol. The van der Waals surface area contributed by atoms with Gasteiger partial charge in [-0.1, -0.05) is 33.1 Å². The number of primary amides is 1. The molecule has 0 spiro atoms. The fourth-order valence-corrected chi connectivity index (χ4v) is 2.58. The van der Waals surface area contributed by atoms with E-state index in [-0.39, 0.29) is 5.76 Å². The van der Waals surface area contributed by atoms with Gasteiger partial charge in [-0.05, 0) is 37.8 Å². The first-order valence-corrected chi connectivity index (χ1v) is 9.01. The molecule has 0 radical (unpaired) electrons. The summed E-state index contributed by atoms with van der Waals surface area (Å²) in [5, 5.41) is 6.66. The van der Waals surface area contributed by atoms with E-state index < -0.39 is 5.91 Å². The van der Waals surface area contributed by atoms with Gasteiger partial charge in [0.05, 0.1) is 0 Å². The van der Waals surface area contributed by atoms with Gasteiger partial charge in [0.1, 0.15) is 12.3 Å². The maximum absolute atomic E-state index is 11.0. The lowest BCUT2D eigenvalue weighted by Crippen LogP contribution is -2.39. The summed E-state index contributed by atoms with van der Waals surface area (Å²) in [5.41, 5.74) is 5.19. The van der Waals surface area contributed by atoms with Crippen molar-refractivity contribution < 1.29 is 9.21 Å². The van der Waals surface area contributed by atoms with E-state index in [1.54, 1.807) is 12.1 Å². The molecule has 24 heavy (non-hydrogen) atoms. The van der Waals surface area contributed by atoms with E-state index in [0.29, 0.717) is 18.2 Å². The first-order valence-electron chi connectivity index (χ1n) is 9.01. The topological polar surface area (TPSA) is 92.6 Å². The van der Waals surface area contributed by atoms with Crippen molar-refractivity contribution in [3.8, 4) is 0 Å². The van der Waals surface area contributed by atoms with Crippen molar-refractivity contribution in [1.82, 2.24) is 10.6 Å². The molecule has 1 aromatic rings. The second kappa shape index (κ2) is 11.5. The molecule has 6 nitrogen and oxygen atoms in total. The second-order valence-corrected chi connectivity index (χ2v) is 6.00. The van der Waals surface area contributed by atoms with Crippen LogP contribution < -0.4 is 16.4 Å². The Labute approximate surface area is 145 Å². The largest absolute Gasteiger partial charge is 0.454 e. The highest BCUT2D eigenvalue weighted by Gasteiger charge is 2.09. The lowest BCUT2D eigenvalue weighted by Gasteiger charge is -2.18. The maximum Gasteiger partial charge on any atom is 0.284 e. The number of nitrogens with zero attached hydrogens (tertiary/aromatic N) is 1. The lowest BCUT2D eigenvalue weighted by atomic mass is 9.97. The standard InChI is InChI=1S/C18H32N4O2/c1-4-7-9-14(8-5-2)12-21-18(20-6-3)22-13-15-10-11-16(24-15)17(19)23/h10-11,14H,4-9,12-13H2,1-3H3,(H2,19,23)(H2,20,21,22). The van der Waals surface area contributed by atoms with Crippen molar-refractivity contribution in [2.24, 2.45) is 16.6 Å². The van der Waals surface area contributed by atoms with Crippen molar-refractivity contribution >= 4 is 11.9 Å². The Morgan fingerprint density at radius 3 is 2.58 bits per heavy atom. The minimum absolute atomic E-state index is 0.167. The molecule has 1 atom stereocenters.